The predicted octanol–water partition coefficient (Wildman–Crippen LogP) is 4.47. The van der Waals surface area contributed by atoms with Gasteiger partial charge in [0, 0.05) is 19.3 Å². The van der Waals surface area contributed by atoms with E-state index in [1.165, 1.54) is 0 Å². The van der Waals surface area contributed by atoms with E-state index in [2.05, 4.69) is 0 Å². The van der Waals surface area contributed by atoms with Crippen LogP contribution < -0.4 is 14.2 Å². The highest BCUT2D eigenvalue weighted by Crippen LogP contribution is 2.27. The first-order chi connectivity index (χ1) is 14.0. The van der Waals surface area contributed by atoms with E-state index < -0.39 is 5.60 Å². The molecule has 0 radical (unpaired) electrons. The van der Waals surface area contributed by atoms with E-state index in [9.17, 15) is 5.11 Å². The number of hydrogen-bond acceptors (Lipinski definition) is 4. The highest BCUT2D eigenvalue weighted by molar-refractivity contribution is 5.33. The Morgan fingerprint density at radius 3 is 0.966 bits per heavy atom. The second kappa shape index (κ2) is 9.48. The average molecular weight is 392 g/mol. The molecule has 1 N–H and O–H groups in total. The molecule has 0 aliphatic rings. The molecule has 0 spiro atoms. The molecule has 0 fully saturated rings. The van der Waals surface area contributed by atoms with Crippen LogP contribution in [0.4, 0.5) is 0 Å². The fourth-order valence-corrected chi connectivity index (χ4v) is 3.56. The maximum Gasteiger partial charge on any atom is 0.118 e. The normalized spacial score (nSPS) is 11.2. The van der Waals surface area contributed by atoms with Gasteiger partial charge in [-0.3, -0.25) is 0 Å². The summed E-state index contributed by atoms with van der Waals surface area (Å²) in [5.74, 6) is 2.42. The Bertz CT molecular complexity index is 763. The lowest BCUT2D eigenvalue weighted by atomic mass is 9.83. The third-order valence-electron chi connectivity index (χ3n) is 5.08. The number of methoxy groups -OCH3 is 3. The molecule has 0 unspecified atom stereocenters. The van der Waals surface area contributed by atoms with Crippen LogP contribution in [0.5, 0.6) is 17.2 Å². The quantitative estimate of drug-likeness (QED) is 0.584. The zero-order valence-electron chi connectivity index (χ0n) is 17.2. The van der Waals surface area contributed by atoms with Crippen molar-refractivity contribution in [2.45, 2.75) is 24.9 Å². The molecule has 0 aliphatic heterocycles. The van der Waals surface area contributed by atoms with Gasteiger partial charge in [-0.1, -0.05) is 36.4 Å². The first-order valence-electron chi connectivity index (χ1n) is 9.65. The zero-order valence-corrected chi connectivity index (χ0v) is 17.2. The third-order valence-corrected chi connectivity index (χ3v) is 5.08. The van der Waals surface area contributed by atoms with Gasteiger partial charge in [0.2, 0.25) is 0 Å². The van der Waals surface area contributed by atoms with Crippen molar-refractivity contribution < 1.29 is 19.3 Å². The van der Waals surface area contributed by atoms with Crippen LogP contribution in [-0.2, 0) is 19.3 Å². The fraction of sp³-hybridized carbons (Fsp3) is 0.280. The molecule has 0 atom stereocenters. The van der Waals surface area contributed by atoms with E-state index in [0.29, 0.717) is 19.3 Å². The summed E-state index contributed by atoms with van der Waals surface area (Å²) in [6.45, 7) is 0. The minimum absolute atomic E-state index is 0.537. The summed E-state index contributed by atoms with van der Waals surface area (Å²) in [4.78, 5) is 0. The van der Waals surface area contributed by atoms with Crippen molar-refractivity contribution in [2.24, 2.45) is 0 Å². The van der Waals surface area contributed by atoms with Gasteiger partial charge in [0.05, 0.1) is 26.9 Å². The highest BCUT2D eigenvalue weighted by Gasteiger charge is 2.28. The minimum atomic E-state index is -0.933. The van der Waals surface area contributed by atoms with Gasteiger partial charge in [-0.05, 0) is 53.1 Å². The molecule has 0 heterocycles. The second-order valence-electron chi connectivity index (χ2n) is 7.30. The third kappa shape index (κ3) is 5.75. The van der Waals surface area contributed by atoms with Gasteiger partial charge in [0.1, 0.15) is 17.2 Å². The molecule has 0 aliphatic carbocycles. The topological polar surface area (TPSA) is 47.9 Å². The summed E-state index contributed by atoms with van der Waals surface area (Å²) in [7, 11) is 4.95. The van der Waals surface area contributed by atoms with Gasteiger partial charge in [-0.25, -0.2) is 0 Å². The van der Waals surface area contributed by atoms with Crippen molar-refractivity contribution in [3.63, 3.8) is 0 Å². The minimum Gasteiger partial charge on any atom is -0.497 e. The smallest absolute Gasteiger partial charge is 0.118 e. The van der Waals surface area contributed by atoms with Crippen molar-refractivity contribution in [2.75, 3.05) is 21.3 Å². The lowest BCUT2D eigenvalue weighted by molar-refractivity contribution is 0.0410. The molecule has 0 aromatic heterocycles. The molecule has 3 aromatic carbocycles. The Morgan fingerprint density at radius 2 is 0.759 bits per heavy atom. The predicted molar refractivity (Wildman–Crippen MR) is 115 cm³/mol. The van der Waals surface area contributed by atoms with Crippen molar-refractivity contribution in [1.29, 1.82) is 0 Å². The van der Waals surface area contributed by atoms with Gasteiger partial charge < -0.3 is 19.3 Å². The monoisotopic (exact) mass is 392 g/mol. The summed E-state index contributed by atoms with van der Waals surface area (Å²) in [5.41, 5.74) is 2.26. The second-order valence-corrected chi connectivity index (χ2v) is 7.30. The zero-order chi connectivity index (χ0) is 20.7. The fourth-order valence-electron chi connectivity index (χ4n) is 3.56. The Labute approximate surface area is 172 Å². The highest BCUT2D eigenvalue weighted by atomic mass is 16.5. The molecule has 29 heavy (non-hydrogen) atoms. The number of hydrogen-bond donors (Lipinski definition) is 1. The van der Waals surface area contributed by atoms with Crippen LogP contribution >= 0.6 is 0 Å². The van der Waals surface area contributed by atoms with Gasteiger partial charge >= 0.3 is 0 Å². The SMILES string of the molecule is COc1ccc(CC(O)(Cc2ccc(OC)cc2)Cc2ccc(OC)cc2)cc1. The molecule has 0 amide bonds. The summed E-state index contributed by atoms with van der Waals surface area (Å²) in [6.07, 6.45) is 1.61. The first-order valence-corrected chi connectivity index (χ1v) is 9.65. The van der Waals surface area contributed by atoms with Crippen LogP contribution in [0.25, 0.3) is 0 Å². The van der Waals surface area contributed by atoms with Gasteiger partial charge in [0.25, 0.3) is 0 Å². The Morgan fingerprint density at radius 1 is 0.517 bits per heavy atom. The summed E-state index contributed by atoms with van der Waals surface area (Å²) in [6, 6.07) is 23.6. The summed E-state index contributed by atoms with van der Waals surface area (Å²) < 4.78 is 15.7. The maximum absolute atomic E-state index is 11.7. The molecule has 0 bridgehead atoms. The standard InChI is InChI=1S/C25H28O4/c1-27-22-10-4-19(5-11-22)16-25(26,17-20-6-12-23(28-2)13-7-20)18-21-8-14-24(29-3)15-9-21/h4-15,26H,16-18H2,1-3H3. The van der Waals surface area contributed by atoms with Crippen LogP contribution in [0.1, 0.15) is 16.7 Å². The summed E-state index contributed by atoms with van der Waals surface area (Å²) >= 11 is 0. The maximum atomic E-state index is 11.7. The van der Waals surface area contributed by atoms with Crippen LogP contribution in [0, 0.1) is 0 Å². The number of ether oxygens (including phenoxy) is 3. The Hall–Kier alpha value is -2.98. The van der Waals surface area contributed by atoms with Crippen molar-refractivity contribution in [3.8, 4) is 17.2 Å². The lowest BCUT2D eigenvalue weighted by Gasteiger charge is -2.29. The van der Waals surface area contributed by atoms with Gasteiger partial charge in [-0.15, -0.1) is 0 Å². The number of aliphatic hydroxyl groups is 1. The van der Waals surface area contributed by atoms with Crippen molar-refractivity contribution >= 4 is 0 Å². The number of benzene rings is 3. The Balaban J connectivity index is 1.84. The van der Waals surface area contributed by atoms with Crippen LogP contribution in [0.2, 0.25) is 0 Å². The molecule has 4 nitrogen and oxygen atoms in total. The molecular weight excluding hydrogens is 364 g/mol. The molecule has 0 saturated carbocycles. The van der Waals surface area contributed by atoms with Crippen LogP contribution in [-0.4, -0.2) is 32.0 Å². The lowest BCUT2D eigenvalue weighted by Crippen LogP contribution is -2.36. The van der Waals surface area contributed by atoms with Crippen LogP contribution in [0.3, 0.4) is 0 Å². The van der Waals surface area contributed by atoms with Crippen molar-refractivity contribution in [3.05, 3.63) is 89.5 Å². The van der Waals surface area contributed by atoms with E-state index >= 15 is 0 Å². The molecule has 0 saturated heterocycles. The molecule has 3 rings (SSSR count). The van der Waals surface area contributed by atoms with E-state index in [1.54, 1.807) is 21.3 Å². The molecule has 4 heteroatoms. The molecular formula is C25H28O4. The van der Waals surface area contributed by atoms with E-state index in [1.807, 2.05) is 72.8 Å². The Kier molecular flexibility index (Phi) is 6.78. The summed E-state index contributed by atoms with van der Waals surface area (Å²) in [5, 5.41) is 11.7. The molecule has 3 aromatic rings. The first kappa shape index (κ1) is 20.7. The van der Waals surface area contributed by atoms with E-state index in [-0.39, 0.29) is 0 Å². The van der Waals surface area contributed by atoms with Crippen LogP contribution in [0.15, 0.2) is 72.8 Å². The number of rotatable bonds is 9. The van der Waals surface area contributed by atoms with Crippen molar-refractivity contribution in [1.82, 2.24) is 0 Å². The van der Waals surface area contributed by atoms with Gasteiger partial charge in [0.15, 0.2) is 0 Å². The molecule has 152 valence electrons. The van der Waals surface area contributed by atoms with E-state index in [4.69, 9.17) is 14.2 Å². The largest absolute Gasteiger partial charge is 0.497 e. The van der Waals surface area contributed by atoms with E-state index in [0.717, 1.165) is 33.9 Å². The average Bonchev–Trinajstić information content (AvgIpc) is 2.75. The van der Waals surface area contributed by atoms with Gasteiger partial charge in [-0.2, -0.15) is 0 Å².